The van der Waals surface area contributed by atoms with Crippen molar-refractivity contribution < 1.29 is 10.2 Å². The molecule has 4 nitrogen and oxygen atoms in total. The van der Waals surface area contributed by atoms with Gasteiger partial charge in [0.25, 0.3) is 0 Å². The van der Waals surface area contributed by atoms with Crippen molar-refractivity contribution in [3.63, 3.8) is 0 Å². The molecule has 0 aromatic heterocycles. The Morgan fingerprint density at radius 3 is 2.74 bits per heavy atom. The predicted octanol–water partition coefficient (Wildman–Crippen LogP) is 0.953. The van der Waals surface area contributed by atoms with Crippen LogP contribution in [0.2, 0.25) is 0 Å². The zero-order chi connectivity index (χ0) is 13.4. The zero-order valence-corrected chi connectivity index (χ0v) is 11.2. The maximum absolute atomic E-state index is 10.5. The molecule has 19 heavy (non-hydrogen) atoms. The average Bonchev–Trinajstić information content (AvgIpc) is 2.44. The highest BCUT2D eigenvalue weighted by Gasteiger charge is 2.27. The van der Waals surface area contributed by atoms with E-state index >= 15 is 0 Å². The smallest absolute Gasteiger partial charge is 0.124 e. The minimum Gasteiger partial charge on any atom is -0.507 e. The van der Waals surface area contributed by atoms with Gasteiger partial charge in [-0.05, 0) is 49.3 Å². The average molecular weight is 262 g/mol. The van der Waals surface area contributed by atoms with Crippen LogP contribution in [0.15, 0.2) is 6.07 Å². The van der Waals surface area contributed by atoms with E-state index in [1.807, 2.05) is 0 Å². The van der Waals surface area contributed by atoms with Crippen molar-refractivity contribution in [3.8, 4) is 5.75 Å². The maximum atomic E-state index is 10.5. The van der Waals surface area contributed by atoms with Crippen LogP contribution >= 0.6 is 0 Å². The Labute approximate surface area is 113 Å². The number of phenolic OH excluding ortho intramolecular Hbond substituents is 1. The van der Waals surface area contributed by atoms with Gasteiger partial charge in [-0.1, -0.05) is 0 Å². The normalized spacial score (nSPS) is 19.2. The molecule has 0 fully saturated rings. The molecule has 2 aliphatic rings. The van der Waals surface area contributed by atoms with E-state index in [0.717, 1.165) is 43.5 Å². The molecule has 1 unspecified atom stereocenters. The van der Waals surface area contributed by atoms with Crippen LogP contribution in [-0.2, 0) is 19.3 Å². The lowest BCUT2D eigenvalue weighted by Gasteiger charge is -2.37. The number of nitrogens with zero attached hydrogens (tertiary/aromatic N) is 1. The van der Waals surface area contributed by atoms with Gasteiger partial charge < -0.3 is 20.8 Å². The van der Waals surface area contributed by atoms with Crippen LogP contribution in [0, 0.1) is 0 Å². The van der Waals surface area contributed by atoms with Crippen molar-refractivity contribution in [2.75, 3.05) is 24.6 Å². The molecule has 0 radical (unpaired) electrons. The van der Waals surface area contributed by atoms with Crippen LogP contribution in [0.3, 0.4) is 0 Å². The summed E-state index contributed by atoms with van der Waals surface area (Å²) in [7, 11) is 0. The van der Waals surface area contributed by atoms with Crippen LogP contribution in [0.4, 0.5) is 5.69 Å². The largest absolute Gasteiger partial charge is 0.507 e. The van der Waals surface area contributed by atoms with Crippen LogP contribution in [0.1, 0.15) is 29.5 Å². The van der Waals surface area contributed by atoms with Gasteiger partial charge in [-0.2, -0.15) is 0 Å². The molecule has 1 aromatic carbocycles. The second kappa shape index (κ2) is 5.02. The fourth-order valence-corrected chi connectivity index (χ4v) is 3.41. The Bertz CT molecular complexity index is 486. The number of hydrogen-bond acceptors (Lipinski definition) is 4. The van der Waals surface area contributed by atoms with Gasteiger partial charge in [-0.25, -0.2) is 0 Å². The Morgan fingerprint density at radius 2 is 2.00 bits per heavy atom. The molecule has 0 aliphatic carbocycles. The first kappa shape index (κ1) is 12.8. The summed E-state index contributed by atoms with van der Waals surface area (Å²) in [5.41, 5.74) is 10.4. The molecule has 0 amide bonds. The second-order valence-electron chi connectivity index (χ2n) is 5.71. The Morgan fingerprint density at radius 1 is 1.26 bits per heavy atom. The van der Waals surface area contributed by atoms with Gasteiger partial charge in [0.15, 0.2) is 0 Å². The Kier molecular flexibility index (Phi) is 3.37. The maximum Gasteiger partial charge on any atom is 0.124 e. The highest BCUT2D eigenvalue weighted by Crippen LogP contribution is 2.42. The molecule has 3 rings (SSSR count). The van der Waals surface area contributed by atoms with Gasteiger partial charge in [0, 0.05) is 30.4 Å². The standard InChI is InChI=1S/C15H22N2O2/c16-12(9-18)8-11-7-10-3-1-5-17-6-2-4-13(14(10)17)15(11)19/h7,12,18-19H,1-6,8-9,16H2. The van der Waals surface area contributed by atoms with Gasteiger partial charge in [0.2, 0.25) is 0 Å². The van der Waals surface area contributed by atoms with Crippen LogP contribution in [-0.4, -0.2) is 36.0 Å². The fraction of sp³-hybridized carbons (Fsp3) is 0.600. The number of benzene rings is 1. The summed E-state index contributed by atoms with van der Waals surface area (Å²) in [6.45, 7) is 2.17. The third kappa shape index (κ3) is 2.19. The fourth-order valence-electron chi connectivity index (χ4n) is 3.41. The number of rotatable bonds is 3. The molecule has 0 saturated heterocycles. The summed E-state index contributed by atoms with van der Waals surface area (Å²) in [4.78, 5) is 2.41. The molecule has 104 valence electrons. The third-order valence-electron chi connectivity index (χ3n) is 4.29. The molecular weight excluding hydrogens is 240 g/mol. The minimum absolute atomic E-state index is 0.0437. The summed E-state index contributed by atoms with van der Waals surface area (Å²) >= 11 is 0. The Hall–Kier alpha value is -1.26. The zero-order valence-electron chi connectivity index (χ0n) is 11.2. The van der Waals surface area contributed by atoms with E-state index in [1.54, 1.807) is 0 Å². The van der Waals surface area contributed by atoms with Crippen molar-refractivity contribution in [2.24, 2.45) is 5.73 Å². The number of aryl methyl sites for hydroxylation is 1. The highest BCUT2D eigenvalue weighted by molar-refractivity contribution is 5.69. The van der Waals surface area contributed by atoms with Gasteiger partial charge in [0.1, 0.15) is 5.75 Å². The van der Waals surface area contributed by atoms with Crippen LogP contribution in [0.25, 0.3) is 0 Å². The first-order chi connectivity index (χ1) is 9.20. The third-order valence-corrected chi connectivity index (χ3v) is 4.29. The van der Waals surface area contributed by atoms with Crippen LogP contribution < -0.4 is 10.6 Å². The topological polar surface area (TPSA) is 69.7 Å². The van der Waals surface area contributed by atoms with Gasteiger partial charge in [-0.15, -0.1) is 0 Å². The highest BCUT2D eigenvalue weighted by atomic mass is 16.3. The van der Waals surface area contributed by atoms with Crippen molar-refractivity contribution in [1.82, 2.24) is 0 Å². The van der Waals surface area contributed by atoms with E-state index in [-0.39, 0.29) is 12.6 Å². The van der Waals surface area contributed by atoms with Crippen molar-refractivity contribution >= 4 is 5.69 Å². The van der Waals surface area contributed by atoms with E-state index in [1.165, 1.54) is 17.7 Å². The van der Waals surface area contributed by atoms with E-state index in [0.29, 0.717) is 12.2 Å². The number of aliphatic hydroxyl groups excluding tert-OH is 1. The van der Waals surface area contributed by atoms with E-state index < -0.39 is 0 Å². The number of aromatic hydroxyl groups is 1. The number of phenols is 1. The minimum atomic E-state index is -0.292. The monoisotopic (exact) mass is 262 g/mol. The molecule has 0 saturated carbocycles. The SMILES string of the molecule is NC(CO)Cc1cc2c3c(c1O)CCCN3CCC2. The second-order valence-corrected chi connectivity index (χ2v) is 5.71. The van der Waals surface area contributed by atoms with Gasteiger partial charge in [0.05, 0.1) is 6.61 Å². The quantitative estimate of drug-likeness (QED) is 0.758. The molecule has 4 heteroatoms. The first-order valence-electron chi connectivity index (χ1n) is 7.18. The molecule has 1 atom stereocenters. The number of hydrogen-bond donors (Lipinski definition) is 3. The van der Waals surface area contributed by atoms with Gasteiger partial charge >= 0.3 is 0 Å². The molecule has 2 aliphatic heterocycles. The molecule has 0 bridgehead atoms. The van der Waals surface area contributed by atoms with E-state index in [2.05, 4.69) is 11.0 Å². The molecule has 1 aromatic rings. The number of aliphatic hydroxyl groups is 1. The van der Waals surface area contributed by atoms with E-state index in [9.17, 15) is 5.11 Å². The predicted molar refractivity (Wildman–Crippen MR) is 75.7 cm³/mol. The summed E-state index contributed by atoms with van der Waals surface area (Å²) in [6, 6.07) is 1.81. The molecule has 4 N–H and O–H groups in total. The molecule has 0 spiro atoms. The molecule has 2 heterocycles. The lowest BCUT2D eigenvalue weighted by atomic mass is 9.87. The lowest BCUT2D eigenvalue weighted by molar-refractivity contribution is 0.264. The number of anilines is 1. The van der Waals surface area contributed by atoms with Gasteiger partial charge in [-0.3, -0.25) is 0 Å². The Balaban J connectivity index is 2.04. The first-order valence-corrected chi connectivity index (χ1v) is 7.18. The van der Waals surface area contributed by atoms with Crippen molar-refractivity contribution in [2.45, 2.75) is 38.1 Å². The molecular formula is C15H22N2O2. The lowest BCUT2D eigenvalue weighted by Crippen LogP contribution is -2.35. The van der Waals surface area contributed by atoms with E-state index in [4.69, 9.17) is 10.8 Å². The van der Waals surface area contributed by atoms with Crippen LogP contribution in [0.5, 0.6) is 5.75 Å². The van der Waals surface area contributed by atoms with Crippen molar-refractivity contribution in [1.29, 1.82) is 0 Å². The summed E-state index contributed by atoms with van der Waals surface area (Å²) in [5.74, 6) is 0.411. The summed E-state index contributed by atoms with van der Waals surface area (Å²) < 4.78 is 0. The summed E-state index contributed by atoms with van der Waals surface area (Å²) in [5, 5.41) is 19.6. The van der Waals surface area contributed by atoms with Crippen molar-refractivity contribution in [3.05, 3.63) is 22.8 Å². The number of nitrogens with two attached hydrogens (primary N) is 1. The summed E-state index contributed by atoms with van der Waals surface area (Å²) in [6.07, 6.45) is 4.87.